The summed E-state index contributed by atoms with van der Waals surface area (Å²) in [6.45, 7) is 4.60. The van der Waals surface area contributed by atoms with E-state index in [0.717, 1.165) is 0 Å². The molecule has 0 unspecified atom stereocenters. The third-order valence-corrected chi connectivity index (χ3v) is 5.91. The molecule has 1 aliphatic heterocycles. The van der Waals surface area contributed by atoms with Gasteiger partial charge in [-0.1, -0.05) is 37.0 Å². The molecule has 33 heavy (non-hydrogen) atoms. The van der Waals surface area contributed by atoms with E-state index in [4.69, 9.17) is 12.2 Å². The first kappa shape index (κ1) is 22.3. The molecule has 2 aromatic carbocycles. The van der Waals surface area contributed by atoms with Gasteiger partial charge in [0.25, 0.3) is 17.6 Å². The van der Waals surface area contributed by atoms with Crippen LogP contribution >= 0.6 is 12.2 Å². The molecule has 3 aromatic rings. The number of fused-ring (bicyclic) bond motifs is 1. The zero-order chi connectivity index (χ0) is 23.5. The first-order valence-electron chi connectivity index (χ1n) is 10.3. The van der Waals surface area contributed by atoms with Crippen LogP contribution in [-0.4, -0.2) is 63.5 Å². The Morgan fingerprint density at radius 2 is 1.67 bits per heavy atom. The summed E-state index contributed by atoms with van der Waals surface area (Å²) in [6, 6.07) is 11.6. The number of carbonyl (C=O) groups is 3. The summed E-state index contributed by atoms with van der Waals surface area (Å²) in [7, 11) is 0. The Hall–Kier alpha value is -3.85. The van der Waals surface area contributed by atoms with E-state index < -0.39 is 17.5 Å². The van der Waals surface area contributed by atoms with Gasteiger partial charge in [0, 0.05) is 48.9 Å². The topological polar surface area (TPSA) is 85.5 Å². The lowest BCUT2D eigenvalue weighted by molar-refractivity contribution is -0.127. The molecule has 1 aliphatic rings. The molecule has 0 radical (unpaired) electrons. The normalized spacial score (nSPS) is 13.6. The number of carbonyl (C=O) groups excluding carboxylic acids is 3. The van der Waals surface area contributed by atoms with Crippen molar-refractivity contribution in [3.63, 3.8) is 0 Å². The molecule has 1 saturated heterocycles. The highest BCUT2D eigenvalue weighted by atomic mass is 32.1. The summed E-state index contributed by atoms with van der Waals surface area (Å²) in [4.78, 5) is 44.7. The van der Waals surface area contributed by atoms with Gasteiger partial charge in [-0.25, -0.2) is 4.39 Å². The number of nitrogens with zero attached hydrogens (tertiary/aromatic N) is 2. The number of halogens is 1. The van der Waals surface area contributed by atoms with Gasteiger partial charge in [0.2, 0.25) is 0 Å². The van der Waals surface area contributed by atoms with Gasteiger partial charge >= 0.3 is 0 Å². The second-order valence-electron chi connectivity index (χ2n) is 7.50. The van der Waals surface area contributed by atoms with Crippen molar-refractivity contribution in [1.82, 2.24) is 20.1 Å². The number of nitrogens with one attached hydrogen (secondary N) is 2. The fraction of sp³-hybridized carbons (Fsp3) is 0.167. The molecule has 0 saturated carbocycles. The number of hydrogen-bond acceptors (Lipinski definition) is 4. The highest BCUT2D eigenvalue weighted by Crippen LogP contribution is 2.26. The second kappa shape index (κ2) is 9.33. The average molecular weight is 465 g/mol. The van der Waals surface area contributed by atoms with E-state index in [-0.39, 0.29) is 29.9 Å². The van der Waals surface area contributed by atoms with Crippen LogP contribution in [0.3, 0.4) is 0 Å². The molecule has 0 spiro atoms. The highest BCUT2D eigenvalue weighted by Gasteiger charge is 2.31. The fourth-order valence-electron chi connectivity index (χ4n) is 3.88. The van der Waals surface area contributed by atoms with Gasteiger partial charge in [-0.2, -0.15) is 0 Å². The monoisotopic (exact) mass is 464 g/mol. The van der Waals surface area contributed by atoms with Crippen molar-refractivity contribution in [2.75, 3.05) is 26.2 Å². The number of H-pyrrole nitrogens is 1. The third kappa shape index (κ3) is 4.27. The number of aromatic nitrogens is 1. The Bertz CT molecular complexity index is 1260. The molecule has 0 bridgehead atoms. The summed E-state index contributed by atoms with van der Waals surface area (Å²) >= 11 is 5.27. The Morgan fingerprint density at radius 3 is 2.33 bits per heavy atom. The van der Waals surface area contributed by atoms with Gasteiger partial charge in [0.1, 0.15) is 10.8 Å². The van der Waals surface area contributed by atoms with Gasteiger partial charge in [-0.3, -0.25) is 14.4 Å². The summed E-state index contributed by atoms with van der Waals surface area (Å²) in [5, 5.41) is 2.78. The Morgan fingerprint density at radius 1 is 1.00 bits per heavy atom. The molecule has 1 aromatic heterocycles. The number of hydrogen-bond donors (Lipinski definition) is 2. The van der Waals surface area contributed by atoms with Crippen LogP contribution in [0.4, 0.5) is 4.39 Å². The number of ketones is 1. The van der Waals surface area contributed by atoms with Crippen molar-refractivity contribution in [3.8, 4) is 0 Å². The Kier molecular flexibility index (Phi) is 6.32. The molecule has 168 valence electrons. The molecule has 4 rings (SSSR count). The highest BCUT2D eigenvalue weighted by molar-refractivity contribution is 7.80. The Balaban J connectivity index is 1.51. The molecule has 2 amide bonds. The standard InChI is InChI=1S/C24H21FN4O3S/c1-2-26-22(33)16-8-9-18(25)19-17(14-27-20(16)19)21(30)24(32)29-12-10-28(11-13-29)23(31)15-6-4-3-5-7-15/h2-9,14,27H,1,10-13H2,(H,26,33). The van der Waals surface area contributed by atoms with Crippen molar-refractivity contribution in [3.05, 3.63) is 83.9 Å². The van der Waals surface area contributed by atoms with Crippen LogP contribution in [0.5, 0.6) is 0 Å². The van der Waals surface area contributed by atoms with Gasteiger partial charge in [-0.05, 0) is 30.5 Å². The molecular formula is C24H21FN4O3S. The second-order valence-corrected chi connectivity index (χ2v) is 7.91. The molecule has 0 aliphatic carbocycles. The third-order valence-electron chi connectivity index (χ3n) is 5.58. The van der Waals surface area contributed by atoms with E-state index in [1.807, 2.05) is 6.07 Å². The van der Waals surface area contributed by atoms with Gasteiger partial charge in [0.15, 0.2) is 0 Å². The molecule has 7 nitrogen and oxygen atoms in total. The van der Waals surface area contributed by atoms with Crippen molar-refractivity contribution < 1.29 is 18.8 Å². The van der Waals surface area contributed by atoms with Gasteiger partial charge in [0.05, 0.1) is 11.1 Å². The van der Waals surface area contributed by atoms with Crippen molar-refractivity contribution >= 4 is 45.7 Å². The molecule has 2 N–H and O–H groups in total. The number of Topliss-reactive ketones (excluding diaryl/α,β-unsaturated/α-hetero) is 1. The van der Waals surface area contributed by atoms with Crippen LogP contribution in [0.25, 0.3) is 10.9 Å². The minimum Gasteiger partial charge on any atom is -0.360 e. The lowest BCUT2D eigenvalue weighted by Crippen LogP contribution is -2.52. The fourth-order valence-corrected chi connectivity index (χ4v) is 4.13. The van der Waals surface area contributed by atoms with E-state index in [1.54, 1.807) is 29.2 Å². The van der Waals surface area contributed by atoms with Crippen LogP contribution in [-0.2, 0) is 4.79 Å². The predicted octanol–water partition coefficient (Wildman–Crippen LogP) is 2.88. The maximum atomic E-state index is 14.7. The molecule has 1 fully saturated rings. The lowest BCUT2D eigenvalue weighted by Gasteiger charge is -2.34. The quantitative estimate of drug-likeness (QED) is 0.345. The summed E-state index contributed by atoms with van der Waals surface area (Å²) in [5.74, 6) is -2.31. The van der Waals surface area contributed by atoms with E-state index in [2.05, 4.69) is 16.9 Å². The van der Waals surface area contributed by atoms with Gasteiger partial charge in [-0.15, -0.1) is 0 Å². The largest absolute Gasteiger partial charge is 0.360 e. The van der Waals surface area contributed by atoms with Crippen LogP contribution in [0.15, 0.2) is 61.4 Å². The maximum Gasteiger partial charge on any atom is 0.295 e. The first-order valence-corrected chi connectivity index (χ1v) is 10.7. The first-order chi connectivity index (χ1) is 15.9. The van der Waals surface area contributed by atoms with E-state index in [0.29, 0.717) is 34.7 Å². The van der Waals surface area contributed by atoms with E-state index in [9.17, 15) is 18.8 Å². The summed E-state index contributed by atoms with van der Waals surface area (Å²) < 4.78 is 14.7. The average Bonchev–Trinajstić information content (AvgIpc) is 3.30. The zero-order valence-corrected chi connectivity index (χ0v) is 18.5. The predicted molar refractivity (Wildman–Crippen MR) is 127 cm³/mol. The smallest absolute Gasteiger partial charge is 0.295 e. The van der Waals surface area contributed by atoms with Crippen molar-refractivity contribution in [1.29, 1.82) is 0 Å². The molecular weight excluding hydrogens is 443 g/mol. The van der Waals surface area contributed by atoms with E-state index in [1.165, 1.54) is 29.4 Å². The molecule has 2 heterocycles. The molecule has 0 atom stereocenters. The SMILES string of the molecule is C=CNC(=S)c1ccc(F)c2c(C(=O)C(=O)N3CCN(C(=O)c4ccccc4)CC3)c[nH]c12. The number of amides is 2. The lowest BCUT2D eigenvalue weighted by atomic mass is 10.0. The Labute approximate surface area is 194 Å². The number of piperazine rings is 1. The number of rotatable bonds is 5. The minimum absolute atomic E-state index is 0.0111. The minimum atomic E-state index is -0.817. The van der Waals surface area contributed by atoms with Crippen LogP contribution in [0.2, 0.25) is 0 Å². The number of benzene rings is 2. The summed E-state index contributed by atoms with van der Waals surface area (Å²) in [6.07, 6.45) is 2.72. The molecule has 9 heteroatoms. The number of thiocarbonyl (C=S) groups is 1. The number of aromatic amines is 1. The zero-order valence-electron chi connectivity index (χ0n) is 17.6. The van der Waals surface area contributed by atoms with Crippen LogP contribution < -0.4 is 5.32 Å². The maximum absolute atomic E-state index is 14.7. The summed E-state index contributed by atoms with van der Waals surface area (Å²) in [5.41, 5.74) is 1.32. The van der Waals surface area contributed by atoms with Crippen molar-refractivity contribution in [2.24, 2.45) is 0 Å². The van der Waals surface area contributed by atoms with E-state index >= 15 is 0 Å². The van der Waals surface area contributed by atoms with Crippen molar-refractivity contribution in [2.45, 2.75) is 0 Å². The van der Waals surface area contributed by atoms with Crippen LogP contribution in [0, 0.1) is 5.82 Å². The van der Waals surface area contributed by atoms with Gasteiger partial charge < -0.3 is 20.1 Å². The van der Waals surface area contributed by atoms with Crippen LogP contribution in [0.1, 0.15) is 26.3 Å².